The predicted octanol–water partition coefficient (Wildman–Crippen LogP) is 2.75. The Balaban J connectivity index is 2.42. The summed E-state index contributed by atoms with van der Waals surface area (Å²) >= 11 is 0. The number of nitrogens with one attached hydrogen (secondary N) is 1. The van der Waals surface area contributed by atoms with Crippen LogP contribution in [-0.2, 0) is 0 Å². The van der Waals surface area contributed by atoms with Crippen molar-refractivity contribution in [3.05, 3.63) is 29.8 Å². The number of methoxy groups -OCH3 is 1. The molecule has 3 nitrogen and oxygen atoms in total. The molecule has 0 aliphatic heterocycles. The van der Waals surface area contributed by atoms with Crippen LogP contribution in [-0.4, -0.2) is 25.3 Å². The standard InChI is InChI=1S/C15H25NO2/c1-4-12(5-2)10-16-11-15(17)13-7-6-8-14(9-13)18-3/h6-9,12,15-17H,4-5,10-11H2,1-3H3. The third kappa shape index (κ3) is 4.67. The van der Waals surface area contributed by atoms with Crippen LogP contribution in [0.15, 0.2) is 24.3 Å². The van der Waals surface area contributed by atoms with Crippen molar-refractivity contribution in [3.63, 3.8) is 0 Å². The highest BCUT2D eigenvalue weighted by Gasteiger charge is 2.09. The molecule has 1 aromatic carbocycles. The molecule has 102 valence electrons. The summed E-state index contributed by atoms with van der Waals surface area (Å²) in [6, 6.07) is 7.58. The van der Waals surface area contributed by atoms with E-state index in [9.17, 15) is 5.11 Å². The van der Waals surface area contributed by atoms with Crippen LogP contribution in [0.25, 0.3) is 0 Å². The molecule has 3 heteroatoms. The summed E-state index contributed by atoms with van der Waals surface area (Å²) in [5.41, 5.74) is 0.895. The first-order valence-electron chi connectivity index (χ1n) is 6.73. The van der Waals surface area contributed by atoms with E-state index in [0.717, 1.165) is 17.9 Å². The fourth-order valence-corrected chi connectivity index (χ4v) is 1.97. The quantitative estimate of drug-likeness (QED) is 0.746. The molecule has 0 spiro atoms. The predicted molar refractivity (Wildman–Crippen MR) is 74.9 cm³/mol. The molecule has 1 rings (SSSR count). The maximum Gasteiger partial charge on any atom is 0.119 e. The lowest BCUT2D eigenvalue weighted by atomic mass is 10.0. The van der Waals surface area contributed by atoms with E-state index in [-0.39, 0.29) is 0 Å². The number of rotatable bonds is 8. The van der Waals surface area contributed by atoms with E-state index in [2.05, 4.69) is 19.2 Å². The monoisotopic (exact) mass is 251 g/mol. The summed E-state index contributed by atoms with van der Waals surface area (Å²) in [6.45, 7) is 5.96. The Kier molecular flexibility index (Phi) is 6.76. The maximum atomic E-state index is 10.1. The molecule has 0 fully saturated rings. The zero-order valence-corrected chi connectivity index (χ0v) is 11.6. The molecule has 0 aliphatic carbocycles. The molecule has 0 radical (unpaired) electrons. The van der Waals surface area contributed by atoms with Crippen molar-refractivity contribution in [1.29, 1.82) is 0 Å². The minimum Gasteiger partial charge on any atom is -0.497 e. The van der Waals surface area contributed by atoms with Gasteiger partial charge >= 0.3 is 0 Å². The molecule has 1 aromatic rings. The molecular formula is C15H25NO2. The Hall–Kier alpha value is -1.06. The van der Waals surface area contributed by atoms with E-state index in [0.29, 0.717) is 12.5 Å². The average molecular weight is 251 g/mol. The molecule has 1 atom stereocenters. The number of hydrogen-bond acceptors (Lipinski definition) is 3. The third-order valence-electron chi connectivity index (χ3n) is 3.40. The van der Waals surface area contributed by atoms with Gasteiger partial charge in [-0.25, -0.2) is 0 Å². The molecule has 0 saturated heterocycles. The van der Waals surface area contributed by atoms with Gasteiger partial charge in [0, 0.05) is 6.54 Å². The van der Waals surface area contributed by atoms with Crippen molar-refractivity contribution >= 4 is 0 Å². The van der Waals surface area contributed by atoms with E-state index in [1.54, 1.807) is 7.11 Å². The van der Waals surface area contributed by atoms with E-state index in [4.69, 9.17) is 4.74 Å². The molecule has 0 heterocycles. The first kappa shape index (κ1) is 15.0. The number of benzene rings is 1. The van der Waals surface area contributed by atoms with Gasteiger partial charge < -0.3 is 15.2 Å². The molecule has 0 aromatic heterocycles. The van der Waals surface area contributed by atoms with Crippen LogP contribution < -0.4 is 10.1 Å². The number of aliphatic hydroxyl groups excluding tert-OH is 1. The van der Waals surface area contributed by atoms with Gasteiger partial charge in [-0.3, -0.25) is 0 Å². The Bertz CT molecular complexity index is 337. The molecule has 0 aliphatic rings. The van der Waals surface area contributed by atoms with Crippen LogP contribution in [0.2, 0.25) is 0 Å². The SMILES string of the molecule is CCC(CC)CNCC(O)c1cccc(OC)c1. The topological polar surface area (TPSA) is 41.5 Å². The van der Waals surface area contributed by atoms with Gasteiger partial charge in [-0.15, -0.1) is 0 Å². The Morgan fingerprint density at radius 1 is 1.22 bits per heavy atom. The van der Waals surface area contributed by atoms with Crippen molar-refractivity contribution in [1.82, 2.24) is 5.32 Å². The molecule has 2 N–H and O–H groups in total. The first-order valence-corrected chi connectivity index (χ1v) is 6.73. The molecule has 0 saturated carbocycles. The van der Waals surface area contributed by atoms with E-state index in [1.807, 2.05) is 24.3 Å². The van der Waals surface area contributed by atoms with Crippen LogP contribution in [0.1, 0.15) is 38.4 Å². The van der Waals surface area contributed by atoms with Gasteiger partial charge in [0.05, 0.1) is 13.2 Å². The van der Waals surface area contributed by atoms with Crippen molar-refractivity contribution in [2.45, 2.75) is 32.8 Å². The number of aliphatic hydroxyl groups is 1. The van der Waals surface area contributed by atoms with Gasteiger partial charge in [0.15, 0.2) is 0 Å². The fraction of sp³-hybridized carbons (Fsp3) is 0.600. The lowest BCUT2D eigenvalue weighted by Gasteiger charge is -2.16. The van der Waals surface area contributed by atoms with Crippen molar-refractivity contribution in [2.75, 3.05) is 20.2 Å². The van der Waals surface area contributed by atoms with Crippen LogP contribution in [0.3, 0.4) is 0 Å². The average Bonchev–Trinajstić information content (AvgIpc) is 2.43. The number of hydrogen-bond donors (Lipinski definition) is 2. The minimum atomic E-state index is -0.477. The second-order valence-electron chi connectivity index (χ2n) is 4.63. The maximum absolute atomic E-state index is 10.1. The largest absolute Gasteiger partial charge is 0.497 e. The smallest absolute Gasteiger partial charge is 0.119 e. The first-order chi connectivity index (χ1) is 8.71. The molecule has 0 bridgehead atoms. The van der Waals surface area contributed by atoms with E-state index >= 15 is 0 Å². The summed E-state index contributed by atoms with van der Waals surface area (Å²) in [5, 5.41) is 13.4. The normalized spacial score (nSPS) is 12.7. The zero-order chi connectivity index (χ0) is 13.4. The number of ether oxygens (including phenoxy) is 1. The third-order valence-corrected chi connectivity index (χ3v) is 3.40. The van der Waals surface area contributed by atoms with Crippen LogP contribution >= 0.6 is 0 Å². The van der Waals surface area contributed by atoms with Crippen molar-refractivity contribution in [3.8, 4) is 5.75 Å². The van der Waals surface area contributed by atoms with Crippen LogP contribution in [0, 0.1) is 5.92 Å². The van der Waals surface area contributed by atoms with Crippen molar-refractivity contribution in [2.24, 2.45) is 5.92 Å². The lowest BCUT2D eigenvalue weighted by molar-refractivity contribution is 0.172. The molecule has 18 heavy (non-hydrogen) atoms. The second kappa shape index (κ2) is 8.11. The molecular weight excluding hydrogens is 226 g/mol. The van der Waals surface area contributed by atoms with Crippen LogP contribution in [0.4, 0.5) is 0 Å². The van der Waals surface area contributed by atoms with Gasteiger partial charge in [-0.05, 0) is 30.2 Å². The van der Waals surface area contributed by atoms with Gasteiger partial charge in [0.2, 0.25) is 0 Å². The summed E-state index contributed by atoms with van der Waals surface area (Å²) < 4.78 is 5.15. The summed E-state index contributed by atoms with van der Waals surface area (Å²) in [7, 11) is 1.64. The lowest BCUT2D eigenvalue weighted by Crippen LogP contribution is -2.27. The van der Waals surface area contributed by atoms with E-state index < -0.39 is 6.10 Å². The van der Waals surface area contributed by atoms with Crippen molar-refractivity contribution < 1.29 is 9.84 Å². The highest BCUT2D eigenvalue weighted by Crippen LogP contribution is 2.18. The Labute approximate surface area is 110 Å². The Morgan fingerprint density at radius 2 is 1.94 bits per heavy atom. The highest BCUT2D eigenvalue weighted by atomic mass is 16.5. The fourth-order valence-electron chi connectivity index (χ4n) is 1.97. The van der Waals surface area contributed by atoms with Gasteiger partial charge in [0.1, 0.15) is 5.75 Å². The second-order valence-corrected chi connectivity index (χ2v) is 4.63. The molecule has 0 amide bonds. The summed E-state index contributed by atoms with van der Waals surface area (Å²) in [6.07, 6.45) is 1.88. The van der Waals surface area contributed by atoms with Gasteiger partial charge in [-0.2, -0.15) is 0 Å². The van der Waals surface area contributed by atoms with E-state index in [1.165, 1.54) is 12.8 Å². The molecule has 1 unspecified atom stereocenters. The van der Waals surface area contributed by atoms with Crippen LogP contribution in [0.5, 0.6) is 5.75 Å². The Morgan fingerprint density at radius 3 is 2.56 bits per heavy atom. The minimum absolute atomic E-state index is 0.477. The van der Waals surface area contributed by atoms with Gasteiger partial charge in [0.25, 0.3) is 0 Å². The summed E-state index contributed by atoms with van der Waals surface area (Å²) in [4.78, 5) is 0. The zero-order valence-electron chi connectivity index (χ0n) is 11.6. The highest BCUT2D eigenvalue weighted by molar-refractivity contribution is 5.29. The summed E-state index contributed by atoms with van der Waals surface area (Å²) in [5.74, 6) is 1.48. The van der Waals surface area contributed by atoms with Gasteiger partial charge in [-0.1, -0.05) is 38.8 Å².